The van der Waals surface area contributed by atoms with Gasteiger partial charge in [-0.2, -0.15) is 0 Å². The lowest BCUT2D eigenvalue weighted by Gasteiger charge is -2.43. The SMILES string of the molecule is Cc1c(C)c2c(c(C)c1OCc1ccccc1)CCC(C)(CN1CCN(CCOc3ccc(/C=C4/SC(=O)NC4=O)cc3)CC1)O2. The molecule has 1 unspecified atom stereocenters. The summed E-state index contributed by atoms with van der Waals surface area (Å²) >= 11 is 0.922. The summed E-state index contributed by atoms with van der Waals surface area (Å²) in [4.78, 5) is 28.5. The Morgan fingerprint density at radius 2 is 1.63 bits per heavy atom. The summed E-state index contributed by atoms with van der Waals surface area (Å²) in [5, 5.41) is 1.94. The minimum absolute atomic E-state index is 0.230. The van der Waals surface area contributed by atoms with Gasteiger partial charge in [-0.3, -0.25) is 24.7 Å². The Labute approximate surface area is 276 Å². The molecule has 1 atom stereocenters. The van der Waals surface area contributed by atoms with Crippen LogP contribution < -0.4 is 19.5 Å². The first-order valence-corrected chi connectivity index (χ1v) is 16.9. The number of piperazine rings is 1. The summed E-state index contributed by atoms with van der Waals surface area (Å²) in [5.74, 6) is 2.49. The minimum atomic E-state index is -0.347. The van der Waals surface area contributed by atoms with E-state index in [2.05, 4.69) is 54.9 Å². The van der Waals surface area contributed by atoms with E-state index >= 15 is 0 Å². The summed E-state index contributed by atoms with van der Waals surface area (Å²) in [6, 6.07) is 17.9. The zero-order valence-corrected chi connectivity index (χ0v) is 28.0. The van der Waals surface area contributed by atoms with Gasteiger partial charge < -0.3 is 14.2 Å². The molecule has 6 rings (SSSR count). The largest absolute Gasteiger partial charge is 0.492 e. The number of imide groups is 1. The van der Waals surface area contributed by atoms with Crippen molar-refractivity contribution in [2.75, 3.05) is 45.9 Å². The highest BCUT2D eigenvalue weighted by Gasteiger charge is 2.37. The number of ether oxygens (including phenoxy) is 3. The van der Waals surface area contributed by atoms with Gasteiger partial charge in [-0.15, -0.1) is 0 Å². The maximum absolute atomic E-state index is 11.8. The van der Waals surface area contributed by atoms with Gasteiger partial charge in [0.05, 0.1) is 4.91 Å². The van der Waals surface area contributed by atoms with Crippen LogP contribution in [0.4, 0.5) is 4.79 Å². The van der Waals surface area contributed by atoms with Gasteiger partial charge in [0.2, 0.25) is 0 Å². The zero-order chi connectivity index (χ0) is 32.3. The number of nitrogens with one attached hydrogen (secondary N) is 1. The molecule has 2 amide bonds. The van der Waals surface area contributed by atoms with E-state index in [1.54, 1.807) is 6.08 Å². The van der Waals surface area contributed by atoms with Crippen molar-refractivity contribution in [2.24, 2.45) is 0 Å². The molecule has 3 aliphatic heterocycles. The highest BCUT2D eigenvalue weighted by molar-refractivity contribution is 8.18. The molecule has 3 aliphatic rings. The Bertz CT molecular complexity index is 1620. The van der Waals surface area contributed by atoms with Gasteiger partial charge in [-0.05, 0) is 98.3 Å². The van der Waals surface area contributed by atoms with Crippen LogP contribution in [-0.4, -0.2) is 72.4 Å². The molecule has 0 aliphatic carbocycles. The second kappa shape index (κ2) is 13.9. The van der Waals surface area contributed by atoms with Crippen LogP contribution in [0.25, 0.3) is 6.08 Å². The molecule has 0 bridgehead atoms. The van der Waals surface area contributed by atoms with Crippen molar-refractivity contribution in [3.05, 3.63) is 92.9 Å². The van der Waals surface area contributed by atoms with Crippen LogP contribution in [0.2, 0.25) is 0 Å². The van der Waals surface area contributed by atoms with Crippen LogP contribution in [0, 0.1) is 20.8 Å². The lowest BCUT2D eigenvalue weighted by atomic mass is 9.86. The van der Waals surface area contributed by atoms with Crippen molar-refractivity contribution in [1.29, 1.82) is 0 Å². The molecule has 3 aromatic rings. The second-order valence-corrected chi connectivity index (χ2v) is 13.7. The number of amides is 2. The van der Waals surface area contributed by atoms with Crippen molar-refractivity contribution in [3.8, 4) is 17.2 Å². The van der Waals surface area contributed by atoms with Crippen LogP contribution in [-0.2, 0) is 17.8 Å². The molecule has 0 saturated carbocycles. The molecule has 2 saturated heterocycles. The van der Waals surface area contributed by atoms with Gasteiger partial charge in [0.25, 0.3) is 11.1 Å². The zero-order valence-electron chi connectivity index (χ0n) is 27.2. The number of hydrogen-bond donors (Lipinski definition) is 1. The van der Waals surface area contributed by atoms with Crippen molar-refractivity contribution in [1.82, 2.24) is 15.1 Å². The Balaban J connectivity index is 0.968. The molecule has 3 heterocycles. The third-order valence-electron chi connectivity index (χ3n) is 9.31. The van der Waals surface area contributed by atoms with Gasteiger partial charge >= 0.3 is 0 Å². The molecule has 9 heteroatoms. The first-order chi connectivity index (χ1) is 22.2. The molecule has 1 N–H and O–H groups in total. The average molecular weight is 642 g/mol. The fourth-order valence-corrected chi connectivity index (χ4v) is 7.19. The van der Waals surface area contributed by atoms with E-state index < -0.39 is 0 Å². The number of thioether (sulfide) groups is 1. The fraction of sp³-hybridized carbons (Fsp3) is 0.405. The summed E-state index contributed by atoms with van der Waals surface area (Å²) in [5.41, 5.74) is 6.63. The molecule has 0 aromatic heterocycles. The maximum atomic E-state index is 11.8. The van der Waals surface area contributed by atoms with E-state index in [9.17, 15) is 9.59 Å². The van der Waals surface area contributed by atoms with E-state index in [-0.39, 0.29) is 16.7 Å². The molecule has 2 fully saturated rings. The van der Waals surface area contributed by atoms with E-state index in [0.717, 1.165) is 92.2 Å². The Morgan fingerprint density at radius 1 is 0.913 bits per heavy atom. The lowest BCUT2D eigenvalue weighted by Crippen LogP contribution is -2.54. The van der Waals surface area contributed by atoms with Crippen LogP contribution in [0.5, 0.6) is 17.2 Å². The van der Waals surface area contributed by atoms with Crippen LogP contribution in [0.1, 0.15) is 46.7 Å². The third kappa shape index (κ3) is 7.43. The van der Waals surface area contributed by atoms with Gasteiger partial charge in [0.15, 0.2) is 0 Å². The van der Waals surface area contributed by atoms with Crippen LogP contribution >= 0.6 is 11.8 Å². The highest BCUT2D eigenvalue weighted by Crippen LogP contribution is 2.44. The van der Waals surface area contributed by atoms with Crippen molar-refractivity contribution < 1.29 is 23.8 Å². The highest BCUT2D eigenvalue weighted by atomic mass is 32.2. The van der Waals surface area contributed by atoms with Crippen LogP contribution in [0.3, 0.4) is 0 Å². The number of fused-ring (bicyclic) bond motifs is 1. The van der Waals surface area contributed by atoms with Gasteiger partial charge in [-0.1, -0.05) is 42.5 Å². The van der Waals surface area contributed by atoms with E-state index in [1.165, 1.54) is 22.3 Å². The minimum Gasteiger partial charge on any atom is -0.492 e. The first-order valence-electron chi connectivity index (χ1n) is 16.1. The Hall–Kier alpha value is -3.79. The number of hydrogen-bond acceptors (Lipinski definition) is 8. The number of nitrogens with zero attached hydrogens (tertiary/aromatic N) is 2. The second-order valence-electron chi connectivity index (χ2n) is 12.7. The molecule has 3 aromatic carbocycles. The van der Waals surface area contributed by atoms with Crippen molar-refractivity contribution in [3.63, 3.8) is 0 Å². The Kier molecular flexibility index (Phi) is 9.73. The average Bonchev–Trinajstić information content (AvgIpc) is 3.37. The topological polar surface area (TPSA) is 80.3 Å². The number of carbonyl (C=O) groups is 2. The summed E-state index contributed by atoms with van der Waals surface area (Å²) in [7, 11) is 0. The monoisotopic (exact) mass is 641 g/mol. The third-order valence-corrected chi connectivity index (χ3v) is 10.1. The Morgan fingerprint density at radius 3 is 2.33 bits per heavy atom. The molecule has 242 valence electrons. The fourth-order valence-electron chi connectivity index (χ4n) is 6.51. The predicted molar refractivity (Wildman–Crippen MR) is 183 cm³/mol. The summed E-state index contributed by atoms with van der Waals surface area (Å²) in [6.07, 6.45) is 3.69. The van der Waals surface area contributed by atoms with Gasteiger partial charge in [0, 0.05) is 44.8 Å². The van der Waals surface area contributed by atoms with E-state index in [4.69, 9.17) is 14.2 Å². The number of carbonyl (C=O) groups excluding carboxylic acids is 2. The number of rotatable bonds is 10. The van der Waals surface area contributed by atoms with Crippen molar-refractivity contribution >= 4 is 29.0 Å². The number of benzene rings is 3. The summed E-state index contributed by atoms with van der Waals surface area (Å²) in [6.45, 7) is 15.7. The molecule has 46 heavy (non-hydrogen) atoms. The molecule has 8 nitrogen and oxygen atoms in total. The quantitative estimate of drug-likeness (QED) is 0.259. The molecular weight excluding hydrogens is 598 g/mol. The van der Waals surface area contributed by atoms with Crippen LogP contribution in [0.15, 0.2) is 59.5 Å². The van der Waals surface area contributed by atoms with Crippen molar-refractivity contribution in [2.45, 2.75) is 52.7 Å². The van der Waals surface area contributed by atoms with Gasteiger partial charge in [-0.25, -0.2) is 0 Å². The first kappa shape index (κ1) is 32.2. The predicted octanol–water partition coefficient (Wildman–Crippen LogP) is 6.30. The smallest absolute Gasteiger partial charge is 0.290 e. The van der Waals surface area contributed by atoms with Gasteiger partial charge in [0.1, 0.15) is 36.1 Å². The lowest BCUT2D eigenvalue weighted by molar-refractivity contribution is -0.115. The molecule has 0 radical (unpaired) electrons. The maximum Gasteiger partial charge on any atom is 0.290 e. The summed E-state index contributed by atoms with van der Waals surface area (Å²) < 4.78 is 19.2. The molecular formula is C37H43N3O5S. The molecule has 0 spiro atoms. The van der Waals surface area contributed by atoms with E-state index in [0.29, 0.717) is 18.1 Å². The standard InChI is InChI=1S/C37H43N3O5S/c1-25-26(2)34-31(27(3)33(25)44-23-29-8-6-5-7-9-29)14-15-37(4,45-34)24-40-18-16-39(17-19-40)20-21-43-30-12-10-28(11-13-30)22-32-35(41)38-36(42)46-32/h5-13,22H,14-21,23-24H2,1-4H3,(H,38,41,42)/b32-22+. The normalized spacial score (nSPS) is 21.2. The van der Waals surface area contributed by atoms with E-state index in [1.807, 2.05) is 42.5 Å².